The maximum absolute atomic E-state index is 11.2. The first-order valence-corrected chi connectivity index (χ1v) is 7.73. The van der Waals surface area contributed by atoms with Crippen molar-refractivity contribution >= 4 is 17.3 Å². The molecule has 0 aromatic heterocycles. The number of para-hydroxylation sites is 2. The zero-order valence-corrected chi connectivity index (χ0v) is 13.4. The molecule has 0 saturated carbocycles. The van der Waals surface area contributed by atoms with E-state index in [0.717, 1.165) is 11.1 Å². The van der Waals surface area contributed by atoms with E-state index in [-0.39, 0.29) is 11.4 Å². The predicted molar refractivity (Wildman–Crippen MR) is 93.5 cm³/mol. The second kappa shape index (κ2) is 7.15. The Balaban J connectivity index is 2.03. The zero-order valence-electron chi connectivity index (χ0n) is 12.6. The molecule has 0 aliphatic carbocycles. The number of rotatable bonds is 5. The van der Waals surface area contributed by atoms with Crippen LogP contribution in [0.15, 0.2) is 78.9 Å². The van der Waals surface area contributed by atoms with E-state index in [4.69, 9.17) is 16.3 Å². The molecule has 4 nitrogen and oxygen atoms in total. The third-order valence-corrected chi connectivity index (χ3v) is 3.83. The number of benzene rings is 3. The standard InChI is InChI=1S/C19H14ClNO3/c20-16-12-10-15(11-13-16)19(14-6-2-1-3-7-14)24-18-9-5-4-8-17(18)21(22)23/h1-13,19H/t19-/m0/s1. The van der Waals surface area contributed by atoms with Gasteiger partial charge in [-0.25, -0.2) is 0 Å². The summed E-state index contributed by atoms with van der Waals surface area (Å²) in [6.07, 6.45) is -0.468. The van der Waals surface area contributed by atoms with E-state index in [9.17, 15) is 10.1 Å². The summed E-state index contributed by atoms with van der Waals surface area (Å²) in [7, 11) is 0. The minimum absolute atomic E-state index is 0.0626. The van der Waals surface area contributed by atoms with Gasteiger partial charge in [-0.2, -0.15) is 0 Å². The fourth-order valence-corrected chi connectivity index (χ4v) is 2.55. The van der Waals surface area contributed by atoms with Gasteiger partial charge in [-0.15, -0.1) is 0 Å². The van der Waals surface area contributed by atoms with Gasteiger partial charge in [-0.05, 0) is 29.3 Å². The average molecular weight is 340 g/mol. The molecule has 0 N–H and O–H groups in total. The molecule has 0 unspecified atom stereocenters. The second-order valence-electron chi connectivity index (χ2n) is 5.18. The Bertz CT molecular complexity index is 835. The highest BCUT2D eigenvalue weighted by Gasteiger charge is 2.21. The van der Waals surface area contributed by atoms with Gasteiger partial charge >= 0.3 is 5.69 Å². The Hall–Kier alpha value is -2.85. The largest absolute Gasteiger partial charge is 0.474 e. The third-order valence-electron chi connectivity index (χ3n) is 3.58. The molecular weight excluding hydrogens is 326 g/mol. The molecule has 3 rings (SSSR count). The number of nitrogens with zero attached hydrogens (tertiary/aromatic N) is 1. The average Bonchev–Trinajstić information content (AvgIpc) is 2.61. The fraction of sp³-hybridized carbons (Fsp3) is 0.0526. The minimum Gasteiger partial charge on any atom is -0.474 e. The SMILES string of the molecule is O=[N+]([O-])c1ccccc1O[C@@H](c1ccccc1)c1ccc(Cl)cc1. The van der Waals surface area contributed by atoms with Crippen molar-refractivity contribution in [2.75, 3.05) is 0 Å². The summed E-state index contributed by atoms with van der Waals surface area (Å²) in [5.74, 6) is 0.228. The van der Waals surface area contributed by atoms with E-state index >= 15 is 0 Å². The van der Waals surface area contributed by atoms with Crippen molar-refractivity contribution < 1.29 is 9.66 Å². The number of nitro groups is 1. The highest BCUT2D eigenvalue weighted by molar-refractivity contribution is 6.30. The Morgan fingerprint density at radius 2 is 1.42 bits per heavy atom. The predicted octanol–water partition coefficient (Wildman–Crippen LogP) is 5.42. The van der Waals surface area contributed by atoms with Crippen LogP contribution < -0.4 is 4.74 Å². The summed E-state index contributed by atoms with van der Waals surface area (Å²) in [5, 5.41) is 11.9. The van der Waals surface area contributed by atoms with E-state index in [1.165, 1.54) is 6.07 Å². The lowest BCUT2D eigenvalue weighted by Crippen LogP contribution is -2.10. The summed E-state index contributed by atoms with van der Waals surface area (Å²) in [6.45, 7) is 0. The van der Waals surface area contributed by atoms with Crippen molar-refractivity contribution in [2.45, 2.75) is 6.10 Å². The molecule has 0 radical (unpaired) electrons. The summed E-state index contributed by atoms with van der Waals surface area (Å²) in [6, 6.07) is 23.2. The van der Waals surface area contributed by atoms with E-state index in [1.54, 1.807) is 30.3 Å². The lowest BCUT2D eigenvalue weighted by molar-refractivity contribution is -0.386. The van der Waals surface area contributed by atoms with Crippen molar-refractivity contribution in [3.05, 3.63) is 105 Å². The van der Waals surface area contributed by atoms with Gasteiger partial charge in [0.15, 0.2) is 5.75 Å². The maximum Gasteiger partial charge on any atom is 0.310 e. The molecule has 0 fully saturated rings. The molecule has 5 heteroatoms. The maximum atomic E-state index is 11.2. The molecule has 0 heterocycles. The molecule has 1 atom stereocenters. The lowest BCUT2D eigenvalue weighted by Gasteiger charge is -2.20. The molecule has 0 saturated heterocycles. The van der Waals surface area contributed by atoms with Crippen LogP contribution in [-0.2, 0) is 0 Å². The Labute approximate surface area is 144 Å². The Morgan fingerprint density at radius 3 is 2.08 bits per heavy atom. The summed E-state index contributed by atoms with van der Waals surface area (Å²) < 4.78 is 6.03. The normalized spacial score (nSPS) is 11.7. The van der Waals surface area contributed by atoms with Gasteiger partial charge in [-0.3, -0.25) is 10.1 Å². The molecule has 3 aromatic rings. The molecule has 120 valence electrons. The monoisotopic (exact) mass is 339 g/mol. The first-order chi connectivity index (χ1) is 11.6. The van der Waals surface area contributed by atoms with Gasteiger partial charge in [0.1, 0.15) is 6.10 Å². The lowest BCUT2D eigenvalue weighted by atomic mass is 10.0. The molecule has 3 aromatic carbocycles. The number of halogens is 1. The number of ether oxygens (including phenoxy) is 1. The van der Waals surface area contributed by atoms with E-state index < -0.39 is 11.0 Å². The summed E-state index contributed by atoms with van der Waals surface area (Å²) >= 11 is 5.96. The highest BCUT2D eigenvalue weighted by atomic mass is 35.5. The van der Waals surface area contributed by atoms with Gasteiger partial charge in [0.05, 0.1) is 4.92 Å². The second-order valence-corrected chi connectivity index (χ2v) is 5.62. The molecule has 24 heavy (non-hydrogen) atoms. The van der Waals surface area contributed by atoms with E-state index in [0.29, 0.717) is 5.02 Å². The highest BCUT2D eigenvalue weighted by Crippen LogP contribution is 2.34. The molecular formula is C19H14ClNO3. The van der Waals surface area contributed by atoms with Crippen LogP contribution in [0.4, 0.5) is 5.69 Å². The third kappa shape index (κ3) is 3.55. The van der Waals surface area contributed by atoms with E-state index in [1.807, 2.05) is 42.5 Å². The van der Waals surface area contributed by atoms with E-state index in [2.05, 4.69) is 0 Å². The van der Waals surface area contributed by atoms with Crippen LogP contribution in [0.3, 0.4) is 0 Å². The van der Waals surface area contributed by atoms with Gasteiger partial charge < -0.3 is 4.74 Å². The van der Waals surface area contributed by atoms with Crippen LogP contribution in [0.25, 0.3) is 0 Å². The first kappa shape index (κ1) is 16.0. The van der Waals surface area contributed by atoms with Crippen molar-refractivity contribution in [3.8, 4) is 5.75 Å². The van der Waals surface area contributed by atoms with Crippen molar-refractivity contribution in [1.29, 1.82) is 0 Å². The zero-order chi connectivity index (χ0) is 16.9. The molecule has 0 aliphatic rings. The smallest absolute Gasteiger partial charge is 0.310 e. The van der Waals surface area contributed by atoms with Crippen LogP contribution in [-0.4, -0.2) is 4.92 Å². The fourth-order valence-electron chi connectivity index (χ4n) is 2.43. The van der Waals surface area contributed by atoms with Crippen LogP contribution >= 0.6 is 11.6 Å². The van der Waals surface area contributed by atoms with Gasteiger partial charge in [-0.1, -0.05) is 66.2 Å². The van der Waals surface area contributed by atoms with Crippen LogP contribution in [0.5, 0.6) is 5.75 Å². The number of nitro benzene ring substituents is 1. The summed E-state index contributed by atoms with van der Waals surface area (Å²) in [4.78, 5) is 10.8. The minimum atomic E-state index is -0.468. The molecule has 0 bridgehead atoms. The Kier molecular flexibility index (Phi) is 4.77. The number of hydrogen-bond donors (Lipinski definition) is 0. The van der Waals surface area contributed by atoms with Crippen molar-refractivity contribution in [1.82, 2.24) is 0 Å². The molecule has 0 aliphatic heterocycles. The van der Waals surface area contributed by atoms with Gasteiger partial charge in [0.25, 0.3) is 0 Å². The van der Waals surface area contributed by atoms with Crippen LogP contribution in [0.1, 0.15) is 17.2 Å². The van der Waals surface area contributed by atoms with Crippen molar-refractivity contribution in [2.24, 2.45) is 0 Å². The Morgan fingerprint density at radius 1 is 0.833 bits per heavy atom. The van der Waals surface area contributed by atoms with Crippen molar-refractivity contribution in [3.63, 3.8) is 0 Å². The topological polar surface area (TPSA) is 52.4 Å². The quantitative estimate of drug-likeness (QED) is 0.461. The van der Waals surface area contributed by atoms with Crippen LogP contribution in [0.2, 0.25) is 5.02 Å². The summed E-state index contributed by atoms with van der Waals surface area (Å²) in [5.41, 5.74) is 1.70. The first-order valence-electron chi connectivity index (χ1n) is 7.35. The number of hydrogen-bond acceptors (Lipinski definition) is 3. The molecule has 0 spiro atoms. The van der Waals surface area contributed by atoms with Crippen LogP contribution in [0, 0.1) is 10.1 Å². The molecule has 0 amide bonds. The van der Waals surface area contributed by atoms with Gasteiger partial charge in [0.2, 0.25) is 0 Å². The van der Waals surface area contributed by atoms with Gasteiger partial charge in [0, 0.05) is 11.1 Å².